The summed E-state index contributed by atoms with van der Waals surface area (Å²) in [5.41, 5.74) is 2.34. The number of aliphatic hydroxyl groups is 1. The molecule has 2 fully saturated rings. The lowest BCUT2D eigenvalue weighted by Crippen LogP contribution is -2.37. The van der Waals surface area contributed by atoms with Gasteiger partial charge in [0.25, 0.3) is 0 Å². The van der Waals surface area contributed by atoms with Crippen LogP contribution in [0.15, 0.2) is 35.2 Å². The molecule has 3 aliphatic rings. The molecule has 2 N–H and O–H groups in total. The van der Waals surface area contributed by atoms with Gasteiger partial charge in [-0.2, -0.15) is 0 Å². The van der Waals surface area contributed by atoms with E-state index in [2.05, 4.69) is 9.62 Å². The Morgan fingerprint density at radius 3 is 2.94 bits per heavy atom. The molecule has 1 aliphatic carbocycles. The number of benzene rings is 2. The van der Waals surface area contributed by atoms with Crippen LogP contribution < -0.4 is 9.46 Å². The summed E-state index contributed by atoms with van der Waals surface area (Å²) in [6.45, 7) is 6.73. The summed E-state index contributed by atoms with van der Waals surface area (Å²) < 4.78 is 28.5. The molecule has 1 saturated heterocycles. The van der Waals surface area contributed by atoms with Crippen molar-refractivity contribution in [2.75, 3.05) is 38.1 Å². The maximum atomic E-state index is 14.2. The fraction of sp³-hybridized carbons (Fsp3) is 0.519. The third-order valence-electron chi connectivity index (χ3n) is 7.12. The molecule has 2 aromatic rings. The monoisotopic (exact) mass is 500 g/mol. The van der Waals surface area contributed by atoms with Crippen LogP contribution in [0.25, 0.3) is 0 Å². The second-order valence-corrected chi connectivity index (χ2v) is 11.5. The molecule has 0 bridgehead atoms. The number of methoxy groups -OCH3 is 1. The number of fused-ring (bicyclic) bond motifs is 3. The first-order chi connectivity index (χ1) is 16.7. The standard InChI is InChI=1S/C27H33FN2O4S/c1-27(2,32)15-30-9-8-16(13-30)10-17-11-19(28)4-7-23(17)35-29-22-6-5-20-21-12-18(21)14-34-25(20)24(22)26(31)33-3/h4-7,11,16,18,21,29,32H,8-10,12-15H2,1-3H3/t16?,18-,21?/m0/s1. The molecule has 1 saturated carbocycles. The number of nitrogens with zero attached hydrogens (tertiary/aromatic N) is 1. The van der Waals surface area contributed by atoms with Gasteiger partial charge in [0.1, 0.15) is 17.1 Å². The van der Waals surface area contributed by atoms with Crippen molar-refractivity contribution in [1.82, 2.24) is 4.90 Å². The van der Waals surface area contributed by atoms with Crippen LogP contribution in [-0.2, 0) is 11.2 Å². The van der Waals surface area contributed by atoms with E-state index < -0.39 is 11.6 Å². The highest BCUT2D eigenvalue weighted by atomic mass is 32.2. The highest BCUT2D eigenvalue weighted by Crippen LogP contribution is 2.55. The van der Waals surface area contributed by atoms with Crippen LogP contribution in [-0.4, -0.2) is 54.9 Å². The first-order valence-corrected chi connectivity index (χ1v) is 13.1. The zero-order chi connectivity index (χ0) is 24.7. The smallest absolute Gasteiger partial charge is 0.343 e. The average molecular weight is 501 g/mol. The zero-order valence-electron chi connectivity index (χ0n) is 20.5. The Hall–Kier alpha value is -2.29. The average Bonchev–Trinajstić information content (AvgIpc) is 3.49. The van der Waals surface area contributed by atoms with Gasteiger partial charge in [-0.1, -0.05) is 6.07 Å². The number of likely N-dealkylation sites (tertiary alicyclic amines) is 1. The number of rotatable bonds is 8. The van der Waals surface area contributed by atoms with Crippen LogP contribution in [0.5, 0.6) is 5.75 Å². The van der Waals surface area contributed by atoms with E-state index in [9.17, 15) is 14.3 Å². The zero-order valence-corrected chi connectivity index (χ0v) is 21.3. The molecule has 2 aliphatic heterocycles. The molecular formula is C27H33FN2O4S. The number of nitrogens with one attached hydrogen (secondary N) is 1. The van der Waals surface area contributed by atoms with Gasteiger partial charge in [0.05, 0.1) is 25.0 Å². The van der Waals surface area contributed by atoms with Crippen molar-refractivity contribution < 1.29 is 23.8 Å². The van der Waals surface area contributed by atoms with Crippen molar-refractivity contribution in [2.24, 2.45) is 11.8 Å². The van der Waals surface area contributed by atoms with E-state index in [4.69, 9.17) is 9.47 Å². The summed E-state index contributed by atoms with van der Waals surface area (Å²) in [6, 6.07) is 8.81. The van der Waals surface area contributed by atoms with Gasteiger partial charge in [0, 0.05) is 23.9 Å². The van der Waals surface area contributed by atoms with Gasteiger partial charge in [-0.15, -0.1) is 0 Å². The molecule has 0 radical (unpaired) electrons. The molecule has 35 heavy (non-hydrogen) atoms. The minimum absolute atomic E-state index is 0.257. The predicted octanol–water partition coefficient (Wildman–Crippen LogP) is 4.86. The van der Waals surface area contributed by atoms with Gasteiger partial charge >= 0.3 is 5.97 Å². The summed E-state index contributed by atoms with van der Waals surface area (Å²) in [5.74, 6) is 1.35. The Morgan fingerprint density at radius 2 is 2.17 bits per heavy atom. The number of β-amino-alcohol motifs (C(OH)–C–C–N with tert-alkyl or cyclic N) is 1. The largest absolute Gasteiger partial charge is 0.492 e. The SMILES string of the molecule is COC(=O)c1c(NSc2ccc(F)cc2CC2CCN(CC(C)(C)O)C2)ccc2c1OC[C@@H]1CC21. The Morgan fingerprint density at radius 1 is 1.34 bits per heavy atom. The van der Waals surface area contributed by atoms with E-state index in [1.807, 2.05) is 26.0 Å². The molecule has 2 heterocycles. The molecule has 0 aromatic heterocycles. The number of hydrogen-bond acceptors (Lipinski definition) is 7. The normalized spacial score (nSPS) is 23.3. The van der Waals surface area contributed by atoms with Gasteiger partial charge in [0.2, 0.25) is 0 Å². The lowest BCUT2D eigenvalue weighted by Gasteiger charge is -2.25. The van der Waals surface area contributed by atoms with Crippen molar-refractivity contribution in [1.29, 1.82) is 0 Å². The minimum Gasteiger partial charge on any atom is -0.492 e. The number of esters is 1. The van der Waals surface area contributed by atoms with Crippen molar-refractivity contribution in [3.05, 3.63) is 52.8 Å². The third kappa shape index (κ3) is 5.44. The van der Waals surface area contributed by atoms with Crippen molar-refractivity contribution in [2.45, 2.75) is 49.5 Å². The lowest BCUT2D eigenvalue weighted by atomic mass is 9.98. The van der Waals surface area contributed by atoms with Crippen LogP contribution in [0, 0.1) is 17.7 Å². The number of halogens is 1. The molecule has 188 valence electrons. The van der Waals surface area contributed by atoms with Gasteiger partial charge in [-0.05, 0) is 98.8 Å². The number of hydrogen-bond donors (Lipinski definition) is 2. The number of carbonyl (C=O) groups is 1. The van der Waals surface area contributed by atoms with E-state index >= 15 is 0 Å². The minimum atomic E-state index is -0.727. The summed E-state index contributed by atoms with van der Waals surface area (Å²) in [5, 5.41) is 10.1. The van der Waals surface area contributed by atoms with Crippen molar-refractivity contribution in [3.8, 4) is 5.75 Å². The van der Waals surface area contributed by atoms with E-state index in [1.54, 1.807) is 12.1 Å². The Balaban J connectivity index is 1.32. The Kier molecular flexibility index (Phi) is 6.72. The fourth-order valence-electron chi connectivity index (χ4n) is 5.44. The molecule has 0 spiro atoms. The van der Waals surface area contributed by atoms with Crippen LogP contribution in [0.4, 0.5) is 10.1 Å². The highest BCUT2D eigenvalue weighted by Gasteiger charge is 2.45. The van der Waals surface area contributed by atoms with Crippen LogP contribution in [0.2, 0.25) is 0 Å². The quantitative estimate of drug-likeness (QED) is 0.396. The molecule has 0 amide bonds. The van der Waals surface area contributed by atoms with Crippen molar-refractivity contribution in [3.63, 3.8) is 0 Å². The van der Waals surface area contributed by atoms with Crippen LogP contribution >= 0.6 is 11.9 Å². The number of anilines is 1. The first kappa shape index (κ1) is 24.4. The van der Waals surface area contributed by atoms with E-state index in [-0.39, 0.29) is 5.82 Å². The summed E-state index contributed by atoms with van der Waals surface area (Å²) in [7, 11) is 1.38. The van der Waals surface area contributed by atoms with E-state index in [0.717, 1.165) is 48.4 Å². The van der Waals surface area contributed by atoms with Gasteiger partial charge < -0.3 is 24.2 Å². The summed E-state index contributed by atoms with van der Waals surface area (Å²) in [6.07, 6.45) is 2.87. The predicted molar refractivity (Wildman–Crippen MR) is 135 cm³/mol. The van der Waals surface area contributed by atoms with Gasteiger partial charge in [0.15, 0.2) is 0 Å². The second-order valence-electron chi connectivity index (χ2n) is 10.7. The first-order valence-electron chi connectivity index (χ1n) is 12.3. The maximum absolute atomic E-state index is 14.2. The van der Waals surface area contributed by atoms with Crippen LogP contribution in [0.1, 0.15) is 54.1 Å². The van der Waals surface area contributed by atoms with E-state index in [0.29, 0.717) is 47.9 Å². The number of carbonyl (C=O) groups excluding carboxylic acids is 1. The number of ether oxygens (including phenoxy) is 2. The third-order valence-corrected chi connectivity index (χ3v) is 8.06. The molecule has 3 atom stereocenters. The summed E-state index contributed by atoms with van der Waals surface area (Å²) in [4.78, 5) is 15.9. The molecular weight excluding hydrogens is 467 g/mol. The maximum Gasteiger partial charge on any atom is 0.343 e. The molecule has 2 unspecified atom stereocenters. The topological polar surface area (TPSA) is 71.0 Å². The second kappa shape index (κ2) is 9.64. The van der Waals surface area contributed by atoms with E-state index in [1.165, 1.54) is 25.1 Å². The molecule has 6 nitrogen and oxygen atoms in total. The molecule has 5 rings (SSSR count). The summed E-state index contributed by atoms with van der Waals surface area (Å²) >= 11 is 1.37. The molecule has 8 heteroatoms. The Labute approximate surface area is 210 Å². The fourth-order valence-corrected chi connectivity index (χ4v) is 6.24. The van der Waals surface area contributed by atoms with Crippen molar-refractivity contribution >= 4 is 23.6 Å². The van der Waals surface area contributed by atoms with Gasteiger partial charge in [-0.25, -0.2) is 9.18 Å². The highest BCUT2D eigenvalue weighted by molar-refractivity contribution is 8.00. The lowest BCUT2D eigenvalue weighted by molar-refractivity contribution is 0.0428. The van der Waals surface area contributed by atoms with Gasteiger partial charge in [-0.3, -0.25) is 0 Å². The Bertz CT molecular complexity index is 1120. The molecule has 2 aromatic carbocycles. The van der Waals surface area contributed by atoms with Crippen LogP contribution in [0.3, 0.4) is 0 Å².